The molecular weight excluding hydrogens is 250 g/mol. The van der Waals surface area contributed by atoms with Crippen LogP contribution in [-0.2, 0) is 0 Å². The van der Waals surface area contributed by atoms with Crippen LogP contribution in [0, 0.1) is 5.92 Å². The SMILES string of the molecule is CC(C)CC(C)N(C)C(=O)c1ccc(N(C)C)c(N)c1. The summed E-state index contributed by atoms with van der Waals surface area (Å²) in [6.07, 6.45) is 0.994. The summed E-state index contributed by atoms with van der Waals surface area (Å²) in [5.74, 6) is 0.594. The molecule has 1 aromatic rings. The van der Waals surface area contributed by atoms with E-state index in [4.69, 9.17) is 5.73 Å². The number of rotatable bonds is 5. The highest BCUT2D eigenvalue weighted by molar-refractivity contribution is 5.96. The molecule has 112 valence electrons. The first-order valence-corrected chi connectivity index (χ1v) is 7.08. The molecular formula is C16H27N3O. The van der Waals surface area contributed by atoms with Crippen molar-refractivity contribution in [2.75, 3.05) is 31.8 Å². The normalized spacial score (nSPS) is 12.3. The first-order chi connectivity index (χ1) is 9.23. The number of hydrogen-bond donors (Lipinski definition) is 1. The summed E-state index contributed by atoms with van der Waals surface area (Å²) >= 11 is 0. The summed E-state index contributed by atoms with van der Waals surface area (Å²) < 4.78 is 0. The number of nitrogens with zero attached hydrogens (tertiary/aromatic N) is 2. The predicted molar refractivity (Wildman–Crippen MR) is 86.2 cm³/mol. The van der Waals surface area contributed by atoms with Gasteiger partial charge in [-0.25, -0.2) is 0 Å². The Labute approximate surface area is 122 Å². The van der Waals surface area contributed by atoms with Crippen LogP contribution in [0.5, 0.6) is 0 Å². The minimum absolute atomic E-state index is 0.0233. The summed E-state index contributed by atoms with van der Waals surface area (Å²) in [6, 6.07) is 5.71. The molecule has 0 aliphatic rings. The molecule has 1 atom stereocenters. The fourth-order valence-electron chi connectivity index (χ4n) is 2.34. The number of carbonyl (C=O) groups is 1. The third-order valence-corrected chi connectivity index (χ3v) is 3.55. The average Bonchev–Trinajstić information content (AvgIpc) is 2.35. The fourth-order valence-corrected chi connectivity index (χ4v) is 2.34. The van der Waals surface area contributed by atoms with Crippen molar-refractivity contribution in [3.05, 3.63) is 23.8 Å². The summed E-state index contributed by atoms with van der Waals surface area (Å²) in [5.41, 5.74) is 8.21. The lowest BCUT2D eigenvalue weighted by molar-refractivity contribution is 0.0728. The van der Waals surface area contributed by atoms with Gasteiger partial charge in [0, 0.05) is 32.7 Å². The fraction of sp³-hybridized carbons (Fsp3) is 0.562. The van der Waals surface area contributed by atoms with Crippen molar-refractivity contribution in [1.82, 2.24) is 4.90 Å². The van der Waals surface area contributed by atoms with Gasteiger partial charge in [0.15, 0.2) is 0 Å². The molecule has 0 saturated carbocycles. The van der Waals surface area contributed by atoms with E-state index in [-0.39, 0.29) is 11.9 Å². The second-order valence-electron chi connectivity index (χ2n) is 6.06. The molecule has 1 unspecified atom stereocenters. The lowest BCUT2D eigenvalue weighted by atomic mass is 10.0. The molecule has 0 radical (unpaired) electrons. The molecule has 0 fully saturated rings. The second kappa shape index (κ2) is 6.64. The molecule has 1 aromatic carbocycles. The molecule has 0 aromatic heterocycles. The van der Waals surface area contributed by atoms with Crippen LogP contribution in [0.3, 0.4) is 0 Å². The number of anilines is 2. The van der Waals surface area contributed by atoms with Crippen LogP contribution < -0.4 is 10.6 Å². The third kappa shape index (κ3) is 3.89. The molecule has 4 heteroatoms. The Bertz CT molecular complexity index is 469. The van der Waals surface area contributed by atoms with Gasteiger partial charge < -0.3 is 15.5 Å². The van der Waals surface area contributed by atoms with E-state index in [0.717, 1.165) is 12.1 Å². The Hall–Kier alpha value is -1.71. The zero-order valence-electron chi connectivity index (χ0n) is 13.5. The van der Waals surface area contributed by atoms with Crippen LogP contribution in [0.25, 0.3) is 0 Å². The van der Waals surface area contributed by atoms with E-state index in [9.17, 15) is 4.79 Å². The molecule has 4 nitrogen and oxygen atoms in total. The van der Waals surface area contributed by atoms with Gasteiger partial charge in [0.2, 0.25) is 0 Å². The number of nitrogens with two attached hydrogens (primary N) is 1. The lowest BCUT2D eigenvalue weighted by Gasteiger charge is -2.27. The van der Waals surface area contributed by atoms with Crippen LogP contribution in [0.4, 0.5) is 11.4 Å². The van der Waals surface area contributed by atoms with E-state index in [1.54, 1.807) is 11.0 Å². The van der Waals surface area contributed by atoms with E-state index in [1.807, 2.05) is 38.2 Å². The van der Waals surface area contributed by atoms with Crippen molar-refractivity contribution >= 4 is 17.3 Å². The smallest absolute Gasteiger partial charge is 0.253 e. The van der Waals surface area contributed by atoms with Crippen LogP contribution in [0.2, 0.25) is 0 Å². The number of hydrogen-bond acceptors (Lipinski definition) is 3. The third-order valence-electron chi connectivity index (χ3n) is 3.55. The highest BCUT2D eigenvalue weighted by Gasteiger charge is 2.19. The van der Waals surface area contributed by atoms with Gasteiger partial charge in [0.25, 0.3) is 5.91 Å². The van der Waals surface area contributed by atoms with Gasteiger partial charge in [-0.15, -0.1) is 0 Å². The Morgan fingerprint density at radius 3 is 2.25 bits per heavy atom. The minimum atomic E-state index is 0.0233. The molecule has 0 saturated heterocycles. The number of benzene rings is 1. The van der Waals surface area contributed by atoms with E-state index in [1.165, 1.54) is 0 Å². The summed E-state index contributed by atoms with van der Waals surface area (Å²) in [7, 11) is 5.72. The Morgan fingerprint density at radius 1 is 1.20 bits per heavy atom. The van der Waals surface area contributed by atoms with Gasteiger partial charge >= 0.3 is 0 Å². The molecule has 0 aliphatic heterocycles. The molecule has 0 heterocycles. The molecule has 0 bridgehead atoms. The van der Waals surface area contributed by atoms with Gasteiger partial charge in [-0.05, 0) is 37.5 Å². The van der Waals surface area contributed by atoms with Crippen LogP contribution in [-0.4, -0.2) is 38.0 Å². The average molecular weight is 277 g/mol. The van der Waals surface area contributed by atoms with Crippen LogP contribution >= 0.6 is 0 Å². The quantitative estimate of drug-likeness (QED) is 0.842. The van der Waals surface area contributed by atoms with Crippen LogP contribution in [0.1, 0.15) is 37.6 Å². The van der Waals surface area contributed by atoms with Gasteiger partial charge in [0.1, 0.15) is 0 Å². The summed E-state index contributed by atoms with van der Waals surface area (Å²) in [4.78, 5) is 16.2. The lowest BCUT2D eigenvalue weighted by Crippen LogP contribution is -2.36. The first-order valence-electron chi connectivity index (χ1n) is 7.08. The monoisotopic (exact) mass is 277 g/mol. The Balaban J connectivity index is 2.89. The van der Waals surface area contributed by atoms with E-state index >= 15 is 0 Å². The van der Waals surface area contributed by atoms with Crippen molar-refractivity contribution in [2.24, 2.45) is 5.92 Å². The molecule has 2 N–H and O–H groups in total. The maximum atomic E-state index is 12.5. The van der Waals surface area contributed by atoms with E-state index in [0.29, 0.717) is 17.2 Å². The zero-order chi connectivity index (χ0) is 15.4. The standard InChI is InChI=1S/C16H27N3O/c1-11(2)9-12(3)19(6)16(20)13-7-8-15(18(4)5)14(17)10-13/h7-8,10-12H,9,17H2,1-6H3. The van der Waals surface area contributed by atoms with E-state index in [2.05, 4.69) is 20.8 Å². The van der Waals surface area contributed by atoms with Crippen molar-refractivity contribution in [3.63, 3.8) is 0 Å². The van der Waals surface area contributed by atoms with E-state index < -0.39 is 0 Å². The van der Waals surface area contributed by atoms with Crippen molar-refractivity contribution in [2.45, 2.75) is 33.2 Å². The minimum Gasteiger partial charge on any atom is -0.397 e. The van der Waals surface area contributed by atoms with Crippen molar-refractivity contribution in [1.29, 1.82) is 0 Å². The van der Waals surface area contributed by atoms with Gasteiger partial charge in [-0.1, -0.05) is 13.8 Å². The second-order valence-corrected chi connectivity index (χ2v) is 6.06. The van der Waals surface area contributed by atoms with Crippen molar-refractivity contribution < 1.29 is 4.79 Å². The van der Waals surface area contributed by atoms with Gasteiger partial charge in [0.05, 0.1) is 11.4 Å². The Morgan fingerprint density at radius 2 is 1.80 bits per heavy atom. The molecule has 0 spiro atoms. The summed E-state index contributed by atoms with van der Waals surface area (Å²) in [6.45, 7) is 6.41. The number of carbonyl (C=O) groups excluding carboxylic acids is 1. The number of amides is 1. The zero-order valence-corrected chi connectivity index (χ0v) is 13.5. The number of nitrogen functional groups attached to an aromatic ring is 1. The van der Waals surface area contributed by atoms with Crippen molar-refractivity contribution in [3.8, 4) is 0 Å². The Kier molecular flexibility index (Phi) is 5.43. The molecule has 0 aliphatic carbocycles. The first kappa shape index (κ1) is 16.3. The van der Waals surface area contributed by atoms with Gasteiger partial charge in [-0.3, -0.25) is 4.79 Å². The highest BCUT2D eigenvalue weighted by atomic mass is 16.2. The highest BCUT2D eigenvalue weighted by Crippen LogP contribution is 2.23. The maximum absolute atomic E-state index is 12.5. The summed E-state index contributed by atoms with van der Waals surface area (Å²) in [5, 5.41) is 0. The topological polar surface area (TPSA) is 49.6 Å². The molecule has 1 amide bonds. The predicted octanol–water partition coefficient (Wildman–Crippen LogP) is 2.84. The van der Waals surface area contributed by atoms with Gasteiger partial charge in [-0.2, -0.15) is 0 Å². The van der Waals surface area contributed by atoms with Crippen LogP contribution in [0.15, 0.2) is 18.2 Å². The largest absolute Gasteiger partial charge is 0.397 e. The maximum Gasteiger partial charge on any atom is 0.253 e. The molecule has 1 rings (SSSR count). The molecule has 20 heavy (non-hydrogen) atoms.